The lowest BCUT2D eigenvalue weighted by molar-refractivity contribution is -0.145. The van der Waals surface area contributed by atoms with E-state index in [1.807, 2.05) is 31.2 Å². The Bertz CT molecular complexity index is 776. The van der Waals surface area contributed by atoms with E-state index in [1.54, 1.807) is 6.08 Å². The summed E-state index contributed by atoms with van der Waals surface area (Å²) in [5.74, 6) is -0.538. The van der Waals surface area contributed by atoms with E-state index in [9.17, 15) is 14.7 Å². The summed E-state index contributed by atoms with van der Waals surface area (Å²) in [5, 5.41) is 9.55. The third kappa shape index (κ3) is 7.96. The lowest BCUT2D eigenvalue weighted by atomic mass is 10.1. The highest BCUT2D eigenvalue weighted by Crippen LogP contribution is 2.35. The fourth-order valence-corrected chi connectivity index (χ4v) is 4.75. The molecule has 0 saturated carbocycles. The second-order valence-electron chi connectivity index (χ2n) is 7.73. The fraction of sp³-hybridized carbons (Fsp3) is 0.542. The molecule has 2 rings (SSSR count). The third-order valence-electron chi connectivity index (χ3n) is 5.20. The number of nitrogens with zero attached hydrogens (tertiary/aromatic N) is 1. The summed E-state index contributed by atoms with van der Waals surface area (Å²) in [4.78, 5) is 26.2. The van der Waals surface area contributed by atoms with Gasteiger partial charge in [0.2, 0.25) is 0 Å². The SMILES string of the molecule is CCCCCCCCOc1ccc(C=C2SC(=S)N(C(CCCC)C(=O)O)C2=O)cc1. The lowest BCUT2D eigenvalue weighted by Crippen LogP contribution is -2.43. The normalized spacial score (nSPS) is 16.2. The van der Waals surface area contributed by atoms with Crippen LogP contribution in [0.15, 0.2) is 29.2 Å². The van der Waals surface area contributed by atoms with E-state index in [-0.39, 0.29) is 5.91 Å². The highest BCUT2D eigenvalue weighted by Gasteiger charge is 2.40. The van der Waals surface area contributed by atoms with Crippen molar-refractivity contribution in [1.82, 2.24) is 4.90 Å². The topological polar surface area (TPSA) is 66.8 Å². The fourth-order valence-electron chi connectivity index (χ4n) is 3.39. The van der Waals surface area contributed by atoms with Gasteiger partial charge in [-0.2, -0.15) is 0 Å². The second-order valence-corrected chi connectivity index (χ2v) is 9.41. The summed E-state index contributed by atoms with van der Waals surface area (Å²) in [6.45, 7) is 4.91. The van der Waals surface area contributed by atoms with Crippen LogP contribution in [0.4, 0.5) is 0 Å². The molecule has 1 aliphatic rings. The van der Waals surface area contributed by atoms with Crippen molar-refractivity contribution in [2.45, 2.75) is 77.7 Å². The Balaban J connectivity index is 1.92. The van der Waals surface area contributed by atoms with Gasteiger partial charge in [0.25, 0.3) is 5.91 Å². The number of thioether (sulfide) groups is 1. The van der Waals surface area contributed by atoms with Gasteiger partial charge in [0.05, 0.1) is 11.5 Å². The molecule has 1 aliphatic heterocycles. The van der Waals surface area contributed by atoms with Crippen molar-refractivity contribution in [3.63, 3.8) is 0 Å². The van der Waals surface area contributed by atoms with Gasteiger partial charge in [-0.15, -0.1) is 0 Å². The quantitative estimate of drug-likeness (QED) is 0.199. The number of hydrogen-bond donors (Lipinski definition) is 1. The lowest BCUT2D eigenvalue weighted by Gasteiger charge is -2.22. The Kier molecular flexibility index (Phi) is 11.1. The van der Waals surface area contributed by atoms with Crippen LogP contribution in [0.2, 0.25) is 0 Å². The first-order valence-corrected chi connectivity index (χ1v) is 12.4. The van der Waals surface area contributed by atoms with Gasteiger partial charge in [-0.3, -0.25) is 9.69 Å². The number of carboxylic acid groups (broad SMARTS) is 1. The van der Waals surface area contributed by atoms with Gasteiger partial charge in [0, 0.05) is 0 Å². The molecule has 1 N–H and O–H groups in total. The molecule has 1 heterocycles. The first-order chi connectivity index (χ1) is 15.0. The predicted molar refractivity (Wildman–Crippen MR) is 131 cm³/mol. The maximum atomic E-state index is 12.8. The largest absolute Gasteiger partial charge is 0.494 e. The van der Waals surface area contributed by atoms with Crippen molar-refractivity contribution < 1.29 is 19.4 Å². The standard InChI is InChI=1S/C24H33NO4S2/c1-3-5-7-8-9-10-16-29-19-14-12-18(13-15-19)17-21-22(26)25(24(30)31-21)20(23(27)28)11-6-4-2/h12-15,17,20H,3-11,16H2,1-2H3,(H,27,28). The average molecular weight is 464 g/mol. The van der Waals surface area contributed by atoms with Crippen molar-refractivity contribution in [3.8, 4) is 5.75 Å². The molecule has 7 heteroatoms. The predicted octanol–water partition coefficient (Wildman–Crippen LogP) is 6.27. The molecule has 0 aliphatic carbocycles. The van der Waals surface area contributed by atoms with Crippen molar-refractivity contribution >= 4 is 46.3 Å². The summed E-state index contributed by atoms with van der Waals surface area (Å²) in [7, 11) is 0. The minimum atomic E-state index is -1.02. The van der Waals surface area contributed by atoms with Gasteiger partial charge >= 0.3 is 5.97 Å². The number of thiocarbonyl (C=S) groups is 1. The molecule has 1 unspecified atom stereocenters. The van der Waals surface area contributed by atoms with E-state index in [1.165, 1.54) is 37.0 Å². The number of carbonyl (C=O) groups is 2. The molecule has 0 aromatic heterocycles. The molecule has 0 radical (unpaired) electrons. The van der Waals surface area contributed by atoms with Crippen LogP contribution in [0.5, 0.6) is 5.75 Å². The Morgan fingerprint density at radius 1 is 1.10 bits per heavy atom. The first-order valence-electron chi connectivity index (χ1n) is 11.2. The summed E-state index contributed by atoms with van der Waals surface area (Å²) >= 11 is 6.47. The number of carbonyl (C=O) groups excluding carboxylic acids is 1. The Morgan fingerprint density at radius 3 is 2.39 bits per heavy atom. The number of rotatable bonds is 14. The van der Waals surface area contributed by atoms with Gasteiger partial charge in [0.15, 0.2) is 0 Å². The molecule has 170 valence electrons. The minimum Gasteiger partial charge on any atom is -0.494 e. The summed E-state index contributed by atoms with van der Waals surface area (Å²) in [6, 6.07) is 6.68. The van der Waals surface area contributed by atoms with E-state index in [0.29, 0.717) is 22.3 Å². The number of unbranched alkanes of at least 4 members (excludes halogenated alkanes) is 6. The maximum absolute atomic E-state index is 12.8. The van der Waals surface area contributed by atoms with Crippen LogP contribution in [-0.2, 0) is 9.59 Å². The van der Waals surface area contributed by atoms with Crippen LogP contribution in [0, 0.1) is 0 Å². The molecule has 1 atom stereocenters. The first kappa shape index (κ1) is 25.4. The van der Waals surface area contributed by atoms with Crippen LogP contribution < -0.4 is 4.74 Å². The van der Waals surface area contributed by atoms with Gasteiger partial charge in [0.1, 0.15) is 16.1 Å². The molecule has 0 spiro atoms. The zero-order chi connectivity index (χ0) is 22.6. The molecule has 31 heavy (non-hydrogen) atoms. The van der Waals surface area contributed by atoms with Gasteiger partial charge in [-0.25, -0.2) is 4.79 Å². The zero-order valence-electron chi connectivity index (χ0n) is 18.5. The van der Waals surface area contributed by atoms with Crippen molar-refractivity contribution in [2.75, 3.05) is 6.61 Å². The maximum Gasteiger partial charge on any atom is 0.326 e. The van der Waals surface area contributed by atoms with Crippen molar-refractivity contribution in [2.24, 2.45) is 0 Å². The van der Waals surface area contributed by atoms with E-state index >= 15 is 0 Å². The number of benzene rings is 1. The minimum absolute atomic E-state index is 0.304. The average Bonchev–Trinajstić information content (AvgIpc) is 3.02. The van der Waals surface area contributed by atoms with Crippen LogP contribution in [0.25, 0.3) is 6.08 Å². The van der Waals surface area contributed by atoms with E-state index in [4.69, 9.17) is 17.0 Å². The monoisotopic (exact) mass is 463 g/mol. The van der Waals surface area contributed by atoms with E-state index < -0.39 is 12.0 Å². The summed E-state index contributed by atoms with van der Waals surface area (Å²) in [5.41, 5.74) is 0.854. The molecule has 5 nitrogen and oxygen atoms in total. The number of hydrogen-bond acceptors (Lipinski definition) is 5. The van der Waals surface area contributed by atoms with Gasteiger partial charge in [-0.1, -0.05) is 94.9 Å². The second kappa shape index (κ2) is 13.5. The number of aliphatic carboxylic acids is 1. The molecule has 0 bridgehead atoms. The van der Waals surface area contributed by atoms with Crippen LogP contribution in [-0.4, -0.2) is 38.9 Å². The van der Waals surface area contributed by atoms with Crippen molar-refractivity contribution in [3.05, 3.63) is 34.7 Å². The molecule has 1 aromatic carbocycles. The summed E-state index contributed by atoms with van der Waals surface area (Å²) < 4.78 is 6.11. The van der Waals surface area contributed by atoms with Crippen molar-refractivity contribution in [1.29, 1.82) is 0 Å². The smallest absolute Gasteiger partial charge is 0.326 e. The van der Waals surface area contributed by atoms with Gasteiger partial charge in [-0.05, 0) is 36.6 Å². The van der Waals surface area contributed by atoms with Crippen LogP contribution in [0.1, 0.15) is 77.2 Å². The molecule has 1 fully saturated rings. The molecule has 1 saturated heterocycles. The molecular formula is C24H33NO4S2. The highest BCUT2D eigenvalue weighted by atomic mass is 32.2. The molecule has 1 aromatic rings. The Morgan fingerprint density at radius 2 is 1.74 bits per heavy atom. The summed E-state index contributed by atoms with van der Waals surface area (Å²) in [6.07, 6.45) is 11.1. The molecular weight excluding hydrogens is 430 g/mol. The number of ether oxygens (including phenoxy) is 1. The Labute approximate surface area is 195 Å². The number of carboxylic acids is 1. The van der Waals surface area contributed by atoms with Crippen LogP contribution >= 0.6 is 24.0 Å². The highest BCUT2D eigenvalue weighted by molar-refractivity contribution is 8.26. The molecule has 1 amide bonds. The van der Waals surface area contributed by atoms with E-state index in [2.05, 4.69) is 6.92 Å². The number of amides is 1. The Hall–Kier alpha value is -1.86. The van der Waals surface area contributed by atoms with E-state index in [0.717, 1.165) is 42.3 Å². The van der Waals surface area contributed by atoms with Crippen LogP contribution in [0.3, 0.4) is 0 Å². The van der Waals surface area contributed by atoms with Gasteiger partial charge < -0.3 is 9.84 Å². The third-order valence-corrected chi connectivity index (χ3v) is 6.53. The zero-order valence-corrected chi connectivity index (χ0v) is 20.1.